The van der Waals surface area contributed by atoms with Gasteiger partial charge in [-0.1, -0.05) is 29.8 Å². The number of benzene rings is 1. The van der Waals surface area contributed by atoms with Gasteiger partial charge in [-0.3, -0.25) is 0 Å². The van der Waals surface area contributed by atoms with Crippen LogP contribution in [0.4, 0.5) is 8.78 Å². The summed E-state index contributed by atoms with van der Waals surface area (Å²) in [6.45, 7) is 2.12. The Morgan fingerprint density at radius 3 is 2.53 bits per heavy atom. The molecule has 1 unspecified atom stereocenters. The summed E-state index contributed by atoms with van der Waals surface area (Å²) in [6, 6.07) is 6.79. The molecule has 0 radical (unpaired) electrons. The van der Waals surface area contributed by atoms with Crippen molar-refractivity contribution in [1.29, 1.82) is 0 Å². The van der Waals surface area contributed by atoms with Gasteiger partial charge in [0.2, 0.25) is 0 Å². The average Bonchev–Trinajstić information content (AvgIpc) is 2.23. The fraction of sp³-hybridized carbons (Fsp3) is 0.500. The van der Waals surface area contributed by atoms with E-state index in [9.17, 15) is 8.78 Å². The number of hydrogen-bond acceptors (Lipinski definition) is 1. The lowest BCUT2D eigenvalue weighted by atomic mass is 9.80. The van der Waals surface area contributed by atoms with Gasteiger partial charge in [0.15, 0.2) is 0 Å². The van der Waals surface area contributed by atoms with E-state index in [4.69, 9.17) is 11.6 Å². The van der Waals surface area contributed by atoms with E-state index in [1.54, 1.807) is 24.3 Å². The van der Waals surface area contributed by atoms with Crippen LogP contribution in [0.3, 0.4) is 0 Å². The molecule has 5 heteroatoms. The molecule has 1 nitrogen and oxygen atoms in total. The molecule has 0 bridgehead atoms. The molecule has 1 N–H and O–H groups in total. The number of alkyl halides is 2. The standard InChI is InChI=1S/C12H14ClF2N.ClH/c1-11(9-5-2-3-6-10(9)13)12(14,15)7-4-8-16-11;/h2-3,5-6,16H,4,7-8H2,1H3;1H. The Bertz CT molecular complexity index is 398. The molecule has 1 atom stereocenters. The first kappa shape index (κ1) is 14.7. The molecule has 1 heterocycles. The molecule has 0 spiro atoms. The van der Waals surface area contributed by atoms with Crippen LogP contribution in [0.1, 0.15) is 25.3 Å². The Balaban J connectivity index is 0.00000144. The van der Waals surface area contributed by atoms with E-state index in [0.717, 1.165) is 0 Å². The molecular formula is C12H15Cl2F2N. The molecule has 1 aliphatic rings. The lowest BCUT2D eigenvalue weighted by Crippen LogP contribution is -2.57. The maximum Gasteiger partial charge on any atom is 0.269 e. The summed E-state index contributed by atoms with van der Waals surface area (Å²) in [5, 5.41) is 3.30. The van der Waals surface area contributed by atoms with Crippen molar-refractivity contribution in [2.75, 3.05) is 6.54 Å². The van der Waals surface area contributed by atoms with Gasteiger partial charge in [0.1, 0.15) is 5.54 Å². The van der Waals surface area contributed by atoms with E-state index in [1.165, 1.54) is 6.92 Å². The molecule has 0 saturated carbocycles. The molecule has 17 heavy (non-hydrogen) atoms. The highest BCUT2D eigenvalue weighted by Gasteiger charge is 2.53. The van der Waals surface area contributed by atoms with E-state index in [0.29, 0.717) is 23.6 Å². The van der Waals surface area contributed by atoms with Crippen LogP contribution in [0.5, 0.6) is 0 Å². The Kier molecular flexibility index (Phi) is 4.39. The monoisotopic (exact) mass is 281 g/mol. The lowest BCUT2D eigenvalue weighted by molar-refractivity contribution is -0.110. The zero-order chi connectivity index (χ0) is 11.8. The van der Waals surface area contributed by atoms with Crippen molar-refractivity contribution in [3.63, 3.8) is 0 Å². The number of hydrogen-bond donors (Lipinski definition) is 1. The van der Waals surface area contributed by atoms with Crippen LogP contribution >= 0.6 is 24.0 Å². The van der Waals surface area contributed by atoms with Crippen molar-refractivity contribution in [3.05, 3.63) is 34.9 Å². The van der Waals surface area contributed by atoms with Crippen LogP contribution in [0.15, 0.2) is 24.3 Å². The molecule has 0 aliphatic carbocycles. The minimum atomic E-state index is -2.77. The molecule has 96 valence electrons. The van der Waals surface area contributed by atoms with Gasteiger partial charge in [-0.25, -0.2) is 8.78 Å². The van der Waals surface area contributed by atoms with E-state index in [-0.39, 0.29) is 18.8 Å². The first-order valence-electron chi connectivity index (χ1n) is 5.35. The molecule has 1 fully saturated rings. The minimum absolute atomic E-state index is 0. The number of nitrogens with one attached hydrogen (secondary N) is 1. The highest BCUT2D eigenvalue weighted by molar-refractivity contribution is 6.31. The quantitative estimate of drug-likeness (QED) is 0.821. The largest absolute Gasteiger partial charge is 0.303 e. The van der Waals surface area contributed by atoms with Gasteiger partial charge in [0.25, 0.3) is 5.92 Å². The fourth-order valence-corrected chi connectivity index (χ4v) is 2.51. The smallest absolute Gasteiger partial charge is 0.269 e. The second-order valence-electron chi connectivity index (χ2n) is 4.34. The molecular weight excluding hydrogens is 267 g/mol. The van der Waals surface area contributed by atoms with Crippen LogP contribution in [0.2, 0.25) is 5.02 Å². The highest BCUT2D eigenvalue weighted by Crippen LogP contribution is 2.44. The van der Waals surface area contributed by atoms with Gasteiger partial charge >= 0.3 is 0 Å². The van der Waals surface area contributed by atoms with E-state index in [1.807, 2.05) is 0 Å². The third-order valence-electron chi connectivity index (χ3n) is 3.29. The summed E-state index contributed by atoms with van der Waals surface area (Å²) in [5.41, 5.74) is -0.884. The molecule has 0 amide bonds. The van der Waals surface area contributed by atoms with Crippen molar-refractivity contribution in [3.8, 4) is 0 Å². The first-order valence-corrected chi connectivity index (χ1v) is 5.73. The molecule has 1 aromatic carbocycles. The molecule has 1 aliphatic heterocycles. The molecule has 2 rings (SSSR count). The third kappa shape index (κ3) is 2.42. The SMILES string of the molecule is CC1(c2ccccc2Cl)NCCCC1(F)F.Cl. The Morgan fingerprint density at radius 2 is 1.94 bits per heavy atom. The predicted molar refractivity (Wildman–Crippen MR) is 68.2 cm³/mol. The summed E-state index contributed by atoms with van der Waals surface area (Å²) in [6.07, 6.45) is 0.398. The maximum absolute atomic E-state index is 14.0. The van der Waals surface area contributed by atoms with E-state index < -0.39 is 11.5 Å². The van der Waals surface area contributed by atoms with Gasteiger partial charge in [-0.15, -0.1) is 12.4 Å². The van der Waals surface area contributed by atoms with E-state index >= 15 is 0 Å². The highest BCUT2D eigenvalue weighted by atomic mass is 35.5. The average molecular weight is 282 g/mol. The zero-order valence-corrected chi connectivity index (χ0v) is 11.0. The van der Waals surface area contributed by atoms with Crippen LogP contribution in [-0.4, -0.2) is 12.5 Å². The van der Waals surface area contributed by atoms with Crippen LogP contribution < -0.4 is 5.32 Å². The van der Waals surface area contributed by atoms with Gasteiger partial charge in [-0.2, -0.15) is 0 Å². The van der Waals surface area contributed by atoms with Crippen LogP contribution in [0, 0.1) is 0 Å². The van der Waals surface area contributed by atoms with Crippen molar-refractivity contribution in [2.24, 2.45) is 0 Å². The Morgan fingerprint density at radius 1 is 1.29 bits per heavy atom. The van der Waals surface area contributed by atoms with Crippen molar-refractivity contribution >= 4 is 24.0 Å². The maximum atomic E-state index is 14.0. The number of halogens is 4. The number of rotatable bonds is 1. The first-order chi connectivity index (χ1) is 7.47. The minimum Gasteiger partial charge on any atom is -0.303 e. The van der Waals surface area contributed by atoms with Gasteiger partial charge in [0.05, 0.1) is 0 Å². The van der Waals surface area contributed by atoms with Crippen LogP contribution in [-0.2, 0) is 5.54 Å². The molecule has 1 aromatic rings. The van der Waals surface area contributed by atoms with Gasteiger partial charge in [0, 0.05) is 11.4 Å². The topological polar surface area (TPSA) is 12.0 Å². The summed E-state index contributed by atoms with van der Waals surface area (Å²) in [7, 11) is 0. The second-order valence-corrected chi connectivity index (χ2v) is 4.75. The van der Waals surface area contributed by atoms with Gasteiger partial charge < -0.3 is 5.32 Å². The Labute approximate surface area is 111 Å². The fourth-order valence-electron chi connectivity index (χ4n) is 2.19. The Hall–Kier alpha value is -0.380. The zero-order valence-electron chi connectivity index (χ0n) is 9.47. The number of piperidine rings is 1. The normalized spacial score (nSPS) is 27.3. The third-order valence-corrected chi connectivity index (χ3v) is 3.62. The van der Waals surface area contributed by atoms with Crippen LogP contribution in [0.25, 0.3) is 0 Å². The van der Waals surface area contributed by atoms with Crippen molar-refractivity contribution in [1.82, 2.24) is 5.32 Å². The predicted octanol–water partition coefficient (Wildman–Crippen LogP) is 4.00. The van der Waals surface area contributed by atoms with Crippen molar-refractivity contribution < 1.29 is 8.78 Å². The second kappa shape index (κ2) is 5.09. The van der Waals surface area contributed by atoms with Crippen molar-refractivity contribution in [2.45, 2.75) is 31.2 Å². The van der Waals surface area contributed by atoms with E-state index in [2.05, 4.69) is 5.32 Å². The summed E-state index contributed by atoms with van der Waals surface area (Å²) in [4.78, 5) is 0. The molecule has 0 aromatic heterocycles. The molecule has 1 saturated heterocycles. The summed E-state index contributed by atoms with van der Waals surface area (Å²) < 4.78 is 28.0. The lowest BCUT2D eigenvalue weighted by Gasteiger charge is -2.42. The van der Waals surface area contributed by atoms with Gasteiger partial charge in [-0.05, 0) is 31.5 Å². The summed E-state index contributed by atoms with van der Waals surface area (Å²) in [5.74, 6) is -2.77. The summed E-state index contributed by atoms with van der Waals surface area (Å²) >= 11 is 6.00.